The van der Waals surface area contributed by atoms with Crippen LogP contribution in [0, 0.1) is 5.41 Å². The Hall–Kier alpha value is -0.980. The van der Waals surface area contributed by atoms with Gasteiger partial charge in [-0.05, 0) is 48.3 Å². The van der Waals surface area contributed by atoms with Gasteiger partial charge >= 0.3 is 0 Å². The summed E-state index contributed by atoms with van der Waals surface area (Å²) in [6.45, 7) is 4.76. The van der Waals surface area contributed by atoms with Crippen molar-refractivity contribution in [3.05, 3.63) is 29.8 Å². The second-order valence-electron chi connectivity index (χ2n) is 5.63. The maximum Gasteiger partial charge on any atom is 0.0316 e. The highest BCUT2D eigenvalue weighted by molar-refractivity contribution is 5.42. The Labute approximate surface area is 92.7 Å². The highest BCUT2D eigenvalue weighted by atomic mass is 14.5. The number of hydrogen-bond donors (Lipinski definition) is 1. The third kappa shape index (κ3) is 2.53. The van der Waals surface area contributed by atoms with Crippen LogP contribution < -0.4 is 5.73 Å². The first-order chi connectivity index (χ1) is 7.07. The summed E-state index contributed by atoms with van der Waals surface area (Å²) in [5.74, 6) is 0.720. The van der Waals surface area contributed by atoms with E-state index < -0.39 is 0 Å². The van der Waals surface area contributed by atoms with E-state index in [0.717, 1.165) is 11.6 Å². The Morgan fingerprint density at radius 2 is 2.13 bits per heavy atom. The van der Waals surface area contributed by atoms with Gasteiger partial charge in [-0.3, -0.25) is 0 Å². The van der Waals surface area contributed by atoms with E-state index >= 15 is 0 Å². The Morgan fingerprint density at radius 3 is 2.80 bits per heavy atom. The zero-order valence-electron chi connectivity index (χ0n) is 9.79. The molecule has 15 heavy (non-hydrogen) atoms. The van der Waals surface area contributed by atoms with Crippen molar-refractivity contribution in [3.63, 3.8) is 0 Å². The monoisotopic (exact) mass is 203 g/mol. The summed E-state index contributed by atoms with van der Waals surface area (Å²) in [6.07, 6.45) is 5.35. The van der Waals surface area contributed by atoms with Crippen molar-refractivity contribution < 1.29 is 0 Å². The van der Waals surface area contributed by atoms with Crippen LogP contribution in [0.2, 0.25) is 0 Å². The van der Waals surface area contributed by atoms with Crippen LogP contribution in [0.1, 0.15) is 51.0 Å². The fraction of sp³-hybridized carbons (Fsp3) is 0.571. The Kier molecular flexibility index (Phi) is 2.72. The third-order valence-electron chi connectivity index (χ3n) is 3.59. The van der Waals surface area contributed by atoms with Crippen molar-refractivity contribution in [3.8, 4) is 0 Å². The van der Waals surface area contributed by atoms with E-state index in [9.17, 15) is 0 Å². The summed E-state index contributed by atoms with van der Waals surface area (Å²) in [5.41, 5.74) is 8.67. The fourth-order valence-corrected chi connectivity index (χ4v) is 2.80. The molecule has 0 unspecified atom stereocenters. The minimum Gasteiger partial charge on any atom is -0.399 e. The second-order valence-corrected chi connectivity index (χ2v) is 5.63. The van der Waals surface area contributed by atoms with Gasteiger partial charge in [0.1, 0.15) is 0 Å². The van der Waals surface area contributed by atoms with Crippen molar-refractivity contribution in [2.24, 2.45) is 5.41 Å². The number of nitrogens with two attached hydrogens (primary N) is 1. The topological polar surface area (TPSA) is 26.0 Å². The van der Waals surface area contributed by atoms with E-state index in [4.69, 9.17) is 5.73 Å². The minimum absolute atomic E-state index is 0.507. The van der Waals surface area contributed by atoms with E-state index in [1.54, 1.807) is 0 Å². The van der Waals surface area contributed by atoms with Crippen LogP contribution in [0.4, 0.5) is 5.69 Å². The normalized spacial score (nSPS) is 25.1. The molecule has 1 fully saturated rings. The number of benzene rings is 1. The molecule has 0 amide bonds. The smallest absolute Gasteiger partial charge is 0.0316 e. The molecule has 1 atom stereocenters. The largest absolute Gasteiger partial charge is 0.399 e. The summed E-state index contributed by atoms with van der Waals surface area (Å²) in [5, 5.41) is 0. The molecule has 0 aliphatic heterocycles. The van der Waals surface area contributed by atoms with Crippen LogP contribution in [0.15, 0.2) is 24.3 Å². The molecule has 82 valence electrons. The highest BCUT2D eigenvalue weighted by Gasteiger charge is 2.28. The van der Waals surface area contributed by atoms with Crippen molar-refractivity contribution >= 4 is 5.69 Å². The van der Waals surface area contributed by atoms with Gasteiger partial charge in [0.25, 0.3) is 0 Å². The van der Waals surface area contributed by atoms with Crippen molar-refractivity contribution in [2.75, 3.05) is 5.73 Å². The van der Waals surface area contributed by atoms with E-state index in [1.165, 1.54) is 31.2 Å². The SMILES string of the molecule is CC1(C)CCC[C@H](c2cccc(N)c2)C1. The quantitative estimate of drug-likeness (QED) is 0.687. The van der Waals surface area contributed by atoms with E-state index in [0.29, 0.717) is 5.41 Å². The van der Waals surface area contributed by atoms with E-state index in [1.807, 2.05) is 6.07 Å². The lowest BCUT2D eigenvalue weighted by Crippen LogP contribution is -2.21. The molecule has 1 aliphatic carbocycles. The predicted molar refractivity (Wildman–Crippen MR) is 65.8 cm³/mol. The van der Waals surface area contributed by atoms with Crippen LogP contribution >= 0.6 is 0 Å². The van der Waals surface area contributed by atoms with Gasteiger partial charge in [-0.25, -0.2) is 0 Å². The molecule has 0 heterocycles. The molecule has 2 N–H and O–H groups in total. The summed E-state index contributed by atoms with van der Waals surface area (Å²) in [4.78, 5) is 0. The molecule has 0 spiro atoms. The van der Waals surface area contributed by atoms with Gasteiger partial charge in [-0.2, -0.15) is 0 Å². The van der Waals surface area contributed by atoms with Gasteiger partial charge in [-0.15, -0.1) is 0 Å². The van der Waals surface area contributed by atoms with Crippen molar-refractivity contribution in [1.29, 1.82) is 0 Å². The lowest BCUT2D eigenvalue weighted by atomic mass is 9.70. The van der Waals surface area contributed by atoms with Gasteiger partial charge in [-0.1, -0.05) is 32.4 Å². The number of anilines is 1. The standard InChI is InChI=1S/C14H21N/c1-14(2)8-4-6-12(10-14)11-5-3-7-13(15)9-11/h3,5,7,9,12H,4,6,8,10,15H2,1-2H3/t12-/m0/s1. The number of rotatable bonds is 1. The van der Waals surface area contributed by atoms with Gasteiger partial charge < -0.3 is 5.73 Å². The highest BCUT2D eigenvalue weighted by Crippen LogP contribution is 2.43. The maximum atomic E-state index is 5.83. The molecule has 0 aromatic heterocycles. The zero-order valence-corrected chi connectivity index (χ0v) is 9.79. The number of hydrogen-bond acceptors (Lipinski definition) is 1. The molecule has 2 rings (SSSR count). The van der Waals surface area contributed by atoms with Crippen LogP contribution in [0.3, 0.4) is 0 Å². The molecule has 1 heteroatoms. The maximum absolute atomic E-state index is 5.83. The molecular formula is C14H21N. The second kappa shape index (κ2) is 3.88. The molecule has 1 aliphatic rings. The van der Waals surface area contributed by atoms with Gasteiger partial charge in [0.15, 0.2) is 0 Å². The first-order valence-corrected chi connectivity index (χ1v) is 5.92. The van der Waals surface area contributed by atoms with E-state index in [2.05, 4.69) is 32.0 Å². The minimum atomic E-state index is 0.507. The molecule has 0 saturated heterocycles. The van der Waals surface area contributed by atoms with Crippen molar-refractivity contribution in [1.82, 2.24) is 0 Å². The van der Waals surface area contributed by atoms with Crippen LogP contribution in [-0.2, 0) is 0 Å². The average molecular weight is 203 g/mol. The Bertz CT molecular complexity index is 341. The summed E-state index contributed by atoms with van der Waals surface area (Å²) in [7, 11) is 0. The zero-order chi connectivity index (χ0) is 10.9. The van der Waals surface area contributed by atoms with Crippen LogP contribution in [0.25, 0.3) is 0 Å². The van der Waals surface area contributed by atoms with Gasteiger partial charge in [0.05, 0.1) is 0 Å². The summed E-state index contributed by atoms with van der Waals surface area (Å²) >= 11 is 0. The molecule has 0 bridgehead atoms. The average Bonchev–Trinajstić information content (AvgIpc) is 2.16. The Morgan fingerprint density at radius 1 is 1.33 bits per heavy atom. The fourth-order valence-electron chi connectivity index (χ4n) is 2.80. The van der Waals surface area contributed by atoms with Crippen LogP contribution in [0.5, 0.6) is 0 Å². The van der Waals surface area contributed by atoms with Crippen molar-refractivity contribution in [2.45, 2.75) is 45.4 Å². The molecule has 1 aromatic rings. The molecule has 1 aromatic carbocycles. The predicted octanol–water partition coefficient (Wildman–Crippen LogP) is 3.95. The lowest BCUT2D eigenvalue weighted by Gasteiger charge is -2.35. The van der Waals surface area contributed by atoms with Crippen LogP contribution in [-0.4, -0.2) is 0 Å². The molecular weight excluding hydrogens is 182 g/mol. The first kappa shape index (κ1) is 10.5. The molecule has 1 nitrogen and oxygen atoms in total. The molecule has 1 saturated carbocycles. The summed E-state index contributed by atoms with van der Waals surface area (Å²) in [6, 6.07) is 8.41. The van der Waals surface area contributed by atoms with Gasteiger partial charge in [0.2, 0.25) is 0 Å². The lowest BCUT2D eigenvalue weighted by molar-refractivity contribution is 0.219. The Balaban J connectivity index is 2.17. The summed E-state index contributed by atoms with van der Waals surface area (Å²) < 4.78 is 0. The number of nitrogen functional groups attached to an aromatic ring is 1. The third-order valence-corrected chi connectivity index (χ3v) is 3.59. The molecule has 0 radical (unpaired) electrons. The van der Waals surface area contributed by atoms with Gasteiger partial charge in [0, 0.05) is 5.69 Å². The first-order valence-electron chi connectivity index (χ1n) is 5.92. The van der Waals surface area contributed by atoms with E-state index in [-0.39, 0.29) is 0 Å².